The SMILES string of the molecule is CCCCCCCCCCCCCCCCCCCCCC(=O)OC[C@@H](COC(=O)CCCCCCCCCCCCCCCCCCCC)OC(=O)CCCCCCCCCCCCCCCCCCCCC. The van der Waals surface area contributed by atoms with Gasteiger partial charge in [-0.15, -0.1) is 0 Å². The summed E-state index contributed by atoms with van der Waals surface area (Å²) >= 11 is 0. The van der Waals surface area contributed by atoms with Crippen LogP contribution in [0.4, 0.5) is 0 Å². The number of rotatable bonds is 64. The Morgan fingerprint density at radius 1 is 0.216 bits per heavy atom. The molecule has 0 N–H and O–H groups in total. The third-order valence-electron chi connectivity index (χ3n) is 15.9. The fourth-order valence-electron chi connectivity index (χ4n) is 10.7. The van der Waals surface area contributed by atoms with E-state index in [-0.39, 0.29) is 31.1 Å². The minimum atomic E-state index is -0.763. The van der Waals surface area contributed by atoms with E-state index in [0.717, 1.165) is 57.8 Å². The molecule has 440 valence electrons. The molecule has 0 aromatic carbocycles. The van der Waals surface area contributed by atoms with Gasteiger partial charge in [-0.3, -0.25) is 14.4 Å². The Kier molecular flexibility index (Phi) is 62.6. The second-order valence-electron chi connectivity index (χ2n) is 23.5. The van der Waals surface area contributed by atoms with Crippen LogP contribution in [0.15, 0.2) is 0 Å². The number of carbonyl (C=O) groups excluding carboxylic acids is 3. The maximum Gasteiger partial charge on any atom is 0.306 e. The van der Waals surface area contributed by atoms with Crippen LogP contribution in [-0.4, -0.2) is 37.2 Å². The molecule has 0 aromatic heterocycles. The average Bonchev–Trinajstić information content (AvgIpc) is 3.40. The van der Waals surface area contributed by atoms with E-state index in [2.05, 4.69) is 20.8 Å². The van der Waals surface area contributed by atoms with Gasteiger partial charge in [-0.25, -0.2) is 0 Å². The molecule has 0 radical (unpaired) electrons. The van der Waals surface area contributed by atoms with Crippen molar-refractivity contribution in [2.75, 3.05) is 13.2 Å². The highest BCUT2D eigenvalue weighted by Gasteiger charge is 2.19. The first-order chi connectivity index (χ1) is 36.5. The molecular weight excluding hydrogens is 913 g/mol. The normalized spacial score (nSPS) is 11.9. The van der Waals surface area contributed by atoms with E-state index in [9.17, 15) is 14.4 Å². The van der Waals surface area contributed by atoms with E-state index >= 15 is 0 Å². The number of esters is 3. The van der Waals surface area contributed by atoms with Crippen molar-refractivity contribution in [1.29, 1.82) is 0 Å². The number of unbranched alkanes of at least 4 members (excludes halogenated alkanes) is 53. The van der Waals surface area contributed by atoms with Gasteiger partial charge in [0.2, 0.25) is 0 Å². The van der Waals surface area contributed by atoms with Crippen molar-refractivity contribution in [3.8, 4) is 0 Å². The summed E-state index contributed by atoms with van der Waals surface area (Å²) in [4.78, 5) is 38.4. The van der Waals surface area contributed by atoms with Crippen LogP contribution in [0.25, 0.3) is 0 Å². The van der Waals surface area contributed by atoms with Crippen LogP contribution >= 0.6 is 0 Å². The lowest BCUT2D eigenvalue weighted by Crippen LogP contribution is -2.30. The van der Waals surface area contributed by atoms with E-state index in [1.807, 2.05) is 0 Å². The van der Waals surface area contributed by atoms with E-state index < -0.39 is 6.10 Å². The van der Waals surface area contributed by atoms with Gasteiger partial charge < -0.3 is 14.2 Å². The first kappa shape index (κ1) is 72.4. The van der Waals surface area contributed by atoms with Crippen LogP contribution in [0.1, 0.15) is 400 Å². The Morgan fingerprint density at radius 3 is 0.541 bits per heavy atom. The molecule has 0 aliphatic heterocycles. The molecule has 0 saturated heterocycles. The van der Waals surface area contributed by atoms with Gasteiger partial charge >= 0.3 is 17.9 Å². The summed E-state index contributed by atoms with van der Waals surface area (Å²) in [6.07, 6.45) is 74.0. The highest BCUT2D eigenvalue weighted by Crippen LogP contribution is 2.19. The van der Waals surface area contributed by atoms with Gasteiger partial charge in [0.25, 0.3) is 0 Å². The summed E-state index contributed by atoms with van der Waals surface area (Å²) in [7, 11) is 0. The molecule has 0 aliphatic carbocycles. The molecule has 0 fully saturated rings. The molecular formula is C68H132O6. The van der Waals surface area contributed by atoms with Crippen LogP contribution in [-0.2, 0) is 28.6 Å². The van der Waals surface area contributed by atoms with E-state index in [0.29, 0.717) is 19.3 Å². The molecule has 0 saturated carbocycles. The first-order valence-electron chi connectivity index (χ1n) is 34.0. The Morgan fingerprint density at radius 2 is 0.365 bits per heavy atom. The molecule has 0 amide bonds. The molecule has 0 aliphatic rings. The van der Waals surface area contributed by atoms with Crippen molar-refractivity contribution in [2.24, 2.45) is 0 Å². The fourth-order valence-corrected chi connectivity index (χ4v) is 10.7. The molecule has 74 heavy (non-hydrogen) atoms. The van der Waals surface area contributed by atoms with E-state index in [1.165, 1.54) is 302 Å². The Balaban J connectivity index is 4.27. The topological polar surface area (TPSA) is 78.9 Å². The molecule has 0 rings (SSSR count). The maximum atomic E-state index is 12.9. The summed E-state index contributed by atoms with van der Waals surface area (Å²) in [6, 6.07) is 0. The van der Waals surface area contributed by atoms with Crippen molar-refractivity contribution in [2.45, 2.75) is 406 Å². The second-order valence-corrected chi connectivity index (χ2v) is 23.5. The van der Waals surface area contributed by atoms with Gasteiger partial charge in [0.05, 0.1) is 0 Å². The standard InChI is InChI=1S/C68H132O6/c1-4-7-10-13-16-19-22-25-28-31-34-37-40-43-46-49-52-55-58-61-67(70)73-64-65(63-72-66(69)60-57-54-51-48-45-42-39-36-33-30-27-24-21-18-15-12-9-6-3)74-68(71)62-59-56-53-50-47-44-41-38-35-32-29-26-23-20-17-14-11-8-5-2/h65H,4-64H2,1-3H3/t65-/m1/s1. The summed E-state index contributed by atoms with van der Waals surface area (Å²) < 4.78 is 17.0. The van der Waals surface area contributed by atoms with Gasteiger partial charge in [-0.2, -0.15) is 0 Å². The van der Waals surface area contributed by atoms with Crippen molar-refractivity contribution in [1.82, 2.24) is 0 Å². The highest BCUT2D eigenvalue weighted by atomic mass is 16.6. The lowest BCUT2D eigenvalue weighted by atomic mass is 10.0. The summed E-state index contributed by atoms with van der Waals surface area (Å²) in [5, 5.41) is 0. The minimum absolute atomic E-state index is 0.0602. The number of hydrogen-bond donors (Lipinski definition) is 0. The number of carbonyl (C=O) groups is 3. The maximum absolute atomic E-state index is 12.9. The van der Waals surface area contributed by atoms with Gasteiger partial charge in [0.15, 0.2) is 6.10 Å². The fraction of sp³-hybridized carbons (Fsp3) is 0.956. The third-order valence-corrected chi connectivity index (χ3v) is 15.9. The molecule has 0 aromatic rings. The molecule has 1 atom stereocenters. The Hall–Kier alpha value is -1.59. The number of hydrogen-bond acceptors (Lipinski definition) is 6. The minimum Gasteiger partial charge on any atom is -0.462 e. The van der Waals surface area contributed by atoms with Crippen molar-refractivity contribution in [3.05, 3.63) is 0 Å². The van der Waals surface area contributed by atoms with Gasteiger partial charge in [-0.1, -0.05) is 361 Å². The molecule has 0 bridgehead atoms. The Bertz CT molecular complexity index is 1110. The van der Waals surface area contributed by atoms with Crippen molar-refractivity contribution in [3.63, 3.8) is 0 Å². The molecule has 0 unspecified atom stereocenters. The van der Waals surface area contributed by atoms with Crippen LogP contribution in [0.2, 0.25) is 0 Å². The highest BCUT2D eigenvalue weighted by molar-refractivity contribution is 5.71. The summed E-state index contributed by atoms with van der Waals surface area (Å²) in [5.41, 5.74) is 0. The van der Waals surface area contributed by atoms with Crippen molar-refractivity contribution < 1.29 is 28.6 Å². The van der Waals surface area contributed by atoms with E-state index in [4.69, 9.17) is 14.2 Å². The second kappa shape index (κ2) is 63.9. The van der Waals surface area contributed by atoms with Gasteiger partial charge in [0.1, 0.15) is 13.2 Å². The summed E-state index contributed by atoms with van der Waals surface area (Å²) in [5.74, 6) is -0.819. The van der Waals surface area contributed by atoms with Crippen LogP contribution in [0, 0.1) is 0 Å². The lowest BCUT2D eigenvalue weighted by molar-refractivity contribution is -0.167. The predicted octanol–water partition coefficient (Wildman–Crippen LogP) is 23.1. The average molecular weight is 1050 g/mol. The van der Waals surface area contributed by atoms with Crippen molar-refractivity contribution >= 4 is 17.9 Å². The van der Waals surface area contributed by atoms with Crippen LogP contribution in [0.5, 0.6) is 0 Å². The third kappa shape index (κ3) is 61.3. The quantitative estimate of drug-likeness (QED) is 0.0343. The molecule has 0 spiro atoms. The van der Waals surface area contributed by atoms with Gasteiger partial charge in [0, 0.05) is 19.3 Å². The van der Waals surface area contributed by atoms with Crippen LogP contribution < -0.4 is 0 Å². The summed E-state index contributed by atoms with van der Waals surface area (Å²) in [6.45, 7) is 6.75. The molecule has 0 heterocycles. The first-order valence-corrected chi connectivity index (χ1v) is 34.0. The lowest BCUT2D eigenvalue weighted by Gasteiger charge is -2.18. The molecule has 6 heteroatoms. The predicted molar refractivity (Wildman–Crippen MR) is 321 cm³/mol. The van der Waals surface area contributed by atoms with E-state index in [1.54, 1.807) is 0 Å². The van der Waals surface area contributed by atoms with Crippen LogP contribution in [0.3, 0.4) is 0 Å². The number of ether oxygens (including phenoxy) is 3. The zero-order valence-corrected chi connectivity index (χ0v) is 50.7. The Labute approximate surface area is 463 Å². The zero-order chi connectivity index (χ0) is 53.6. The largest absolute Gasteiger partial charge is 0.462 e. The zero-order valence-electron chi connectivity index (χ0n) is 50.7. The molecule has 6 nitrogen and oxygen atoms in total. The van der Waals surface area contributed by atoms with Gasteiger partial charge in [-0.05, 0) is 19.3 Å². The smallest absolute Gasteiger partial charge is 0.306 e. The monoisotopic (exact) mass is 1050 g/mol.